The molecule has 8 heteroatoms. The van der Waals surface area contributed by atoms with Crippen molar-refractivity contribution >= 4 is 16.0 Å². The molecule has 0 saturated heterocycles. The third kappa shape index (κ3) is 3.11. The number of aryl methyl sites for hydroxylation is 2. The molecule has 0 aliphatic heterocycles. The average Bonchev–Trinajstić information content (AvgIpc) is 2.77. The Morgan fingerprint density at radius 2 is 1.90 bits per heavy atom. The van der Waals surface area contributed by atoms with Crippen molar-refractivity contribution in [3.05, 3.63) is 47.3 Å². The molecule has 21 heavy (non-hydrogen) atoms. The van der Waals surface area contributed by atoms with Crippen LogP contribution in [0.5, 0.6) is 0 Å². The lowest BCUT2D eigenvalue weighted by atomic mass is 10.1. The SMILES string of the molecule is Cc1n[nH]c(C)c1S(=O)(=O)N[C@@H](C(=O)O)c1ccccc1. The Kier molecular flexibility index (Phi) is 4.10. The van der Waals surface area contributed by atoms with Gasteiger partial charge in [-0.1, -0.05) is 30.3 Å². The Bertz CT molecular complexity index is 733. The Balaban J connectivity index is 2.40. The van der Waals surface area contributed by atoms with E-state index in [0.29, 0.717) is 11.3 Å². The van der Waals surface area contributed by atoms with Crippen molar-refractivity contribution in [2.24, 2.45) is 0 Å². The lowest BCUT2D eigenvalue weighted by molar-refractivity contribution is -0.139. The van der Waals surface area contributed by atoms with Gasteiger partial charge in [0.2, 0.25) is 10.0 Å². The first-order valence-electron chi connectivity index (χ1n) is 6.14. The summed E-state index contributed by atoms with van der Waals surface area (Å²) < 4.78 is 27.0. The van der Waals surface area contributed by atoms with Gasteiger partial charge < -0.3 is 5.11 Å². The molecule has 1 aromatic heterocycles. The van der Waals surface area contributed by atoms with E-state index in [9.17, 15) is 18.3 Å². The number of aromatic amines is 1. The van der Waals surface area contributed by atoms with Gasteiger partial charge in [-0.3, -0.25) is 9.89 Å². The number of rotatable bonds is 5. The van der Waals surface area contributed by atoms with Gasteiger partial charge in [-0.15, -0.1) is 0 Å². The number of benzene rings is 1. The van der Waals surface area contributed by atoms with E-state index in [1.807, 2.05) is 0 Å². The summed E-state index contributed by atoms with van der Waals surface area (Å²) in [5, 5.41) is 15.7. The highest BCUT2D eigenvalue weighted by Gasteiger charge is 2.30. The molecule has 7 nitrogen and oxygen atoms in total. The molecule has 0 unspecified atom stereocenters. The Labute approximate surface area is 122 Å². The lowest BCUT2D eigenvalue weighted by Crippen LogP contribution is -2.34. The Hall–Kier alpha value is -2.19. The lowest BCUT2D eigenvalue weighted by Gasteiger charge is -2.15. The second-order valence-corrected chi connectivity index (χ2v) is 6.22. The highest BCUT2D eigenvalue weighted by atomic mass is 32.2. The van der Waals surface area contributed by atoms with Gasteiger partial charge >= 0.3 is 5.97 Å². The molecule has 112 valence electrons. The number of carbonyl (C=O) groups is 1. The van der Waals surface area contributed by atoms with Crippen LogP contribution in [0.4, 0.5) is 0 Å². The molecule has 1 atom stereocenters. The molecule has 0 aliphatic carbocycles. The number of aromatic nitrogens is 2. The largest absolute Gasteiger partial charge is 0.480 e. The first kappa shape index (κ1) is 15.2. The van der Waals surface area contributed by atoms with Crippen LogP contribution in [0, 0.1) is 13.8 Å². The van der Waals surface area contributed by atoms with Gasteiger partial charge in [-0.2, -0.15) is 9.82 Å². The smallest absolute Gasteiger partial charge is 0.326 e. The summed E-state index contributed by atoms with van der Waals surface area (Å²) in [6.45, 7) is 3.10. The quantitative estimate of drug-likeness (QED) is 0.766. The zero-order chi connectivity index (χ0) is 15.6. The molecule has 0 aliphatic rings. The van der Waals surface area contributed by atoms with Crippen LogP contribution in [0.25, 0.3) is 0 Å². The maximum atomic E-state index is 12.4. The van der Waals surface area contributed by atoms with E-state index in [4.69, 9.17) is 0 Å². The van der Waals surface area contributed by atoms with Crippen LogP contribution in [0.1, 0.15) is 23.0 Å². The fraction of sp³-hybridized carbons (Fsp3) is 0.231. The van der Waals surface area contributed by atoms with E-state index in [0.717, 1.165) is 0 Å². The summed E-state index contributed by atoms with van der Waals surface area (Å²) in [7, 11) is -4.00. The molecule has 0 spiro atoms. The van der Waals surface area contributed by atoms with Crippen LogP contribution < -0.4 is 4.72 Å². The van der Waals surface area contributed by atoms with Gasteiger partial charge in [0.05, 0.1) is 11.4 Å². The van der Waals surface area contributed by atoms with E-state index in [1.165, 1.54) is 6.92 Å². The number of aliphatic carboxylic acids is 1. The second kappa shape index (κ2) is 5.66. The molecular weight excluding hydrogens is 294 g/mol. The van der Waals surface area contributed by atoms with Gasteiger partial charge in [0, 0.05) is 0 Å². The minimum atomic E-state index is -4.00. The average molecular weight is 309 g/mol. The molecule has 2 rings (SSSR count). The number of H-pyrrole nitrogens is 1. The predicted octanol–water partition coefficient (Wildman–Crippen LogP) is 1.13. The number of nitrogens with zero attached hydrogens (tertiary/aromatic N) is 1. The Morgan fingerprint density at radius 1 is 1.29 bits per heavy atom. The highest BCUT2D eigenvalue weighted by Crippen LogP contribution is 2.21. The summed E-state index contributed by atoms with van der Waals surface area (Å²) >= 11 is 0. The molecule has 1 aromatic carbocycles. The highest BCUT2D eigenvalue weighted by molar-refractivity contribution is 7.89. The first-order valence-corrected chi connectivity index (χ1v) is 7.63. The van der Waals surface area contributed by atoms with Crippen molar-refractivity contribution in [2.75, 3.05) is 0 Å². The van der Waals surface area contributed by atoms with E-state index in [-0.39, 0.29) is 10.6 Å². The number of sulfonamides is 1. The van der Waals surface area contributed by atoms with Crippen molar-refractivity contribution in [1.29, 1.82) is 0 Å². The minimum Gasteiger partial charge on any atom is -0.480 e. The topological polar surface area (TPSA) is 112 Å². The molecule has 3 N–H and O–H groups in total. The molecule has 0 radical (unpaired) electrons. The third-order valence-corrected chi connectivity index (χ3v) is 4.67. The monoisotopic (exact) mass is 309 g/mol. The zero-order valence-electron chi connectivity index (χ0n) is 11.5. The van der Waals surface area contributed by atoms with Crippen molar-refractivity contribution in [1.82, 2.24) is 14.9 Å². The second-order valence-electron chi connectivity index (χ2n) is 4.57. The molecule has 2 aromatic rings. The summed E-state index contributed by atoms with van der Waals surface area (Å²) in [5.41, 5.74) is 1.00. The van der Waals surface area contributed by atoms with Crippen LogP contribution in [0.2, 0.25) is 0 Å². The number of carboxylic acids is 1. The van der Waals surface area contributed by atoms with Crippen molar-refractivity contribution < 1.29 is 18.3 Å². The molecular formula is C13H15N3O4S. The van der Waals surface area contributed by atoms with E-state index in [2.05, 4.69) is 14.9 Å². The number of nitrogens with one attached hydrogen (secondary N) is 2. The van der Waals surface area contributed by atoms with Gasteiger partial charge in [-0.25, -0.2) is 8.42 Å². The van der Waals surface area contributed by atoms with Gasteiger partial charge in [0.25, 0.3) is 0 Å². The molecule has 1 heterocycles. The number of hydrogen-bond acceptors (Lipinski definition) is 4. The van der Waals surface area contributed by atoms with Crippen LogP contribution in [-0.2, 0) is 14.8 Å². The van der Waals surface area contributed by atoms with Crippen LogP contribution in [0.3, 0.4) is 0 Å². The van der Waals surface area contributed by atoms with Crippen molar-refractivity contribution in [2.45, 2.75) is 24.8 Å². The van der Waals surface area contributed by atoms with Crippen LogP contribution in [-0.4, -0.2) is 29.7 Å². The van der Waals surface area contributed by atoms with E-state index >= 15 is 0 Å². The van der Waals surface area contributed by atoms with E-state index < -0.39 is 22.0 Å². The minimum absolute atomic E-state index is 0.0234. The summed E-state index contributed by atoms with van der Waals surface area (Å²) in [6, 6.07) is 6.76. The van der Waals surface area contributed by atoms with Gasteiger partial charge in [-0.05, 0) is 19.4 Å². The van der Waals surface area contributed by atoms with Crippen molar-refractivity contribution in [3.63, 3.8) is 0 Å². The van der Waals surface area contributed by atoms with Crippen LogP contribution >= 0.6 is 0 Å². The predicted molar refractivity (Wildman–Crippen MR) is 75.2 cm³/mol. The fourth-order valence-corrected chi connectivity index (χ4v) is 3.61. The van der Waals surface area contributed by atoms with E-state index in [1.54, 1.807) is 37.3 Å². The van der Waals surface area contributed by atoms with Crippen molar-refractivity contribution in [3.8, 4) is 0 Å². The normalized spacial score (nSPS) is 13.0. The molecule has 0 saturated carbocycles. The van der Waals surface area contributed by atoms with Gasteiger partial charge in [0.1, 0.15) is 10.9 Å². The zero-order valence-corrected chi connectivity index (χ0v) is 12.3. The number of hydrogen-bond donors (Lipinski definition) is 3. The number of carboxylic acid groups (broad SMARTS) is 1. The summed E-state index contributed by atoms with van der Waals surface area (Å²) in [6.07, 6.45) is 0. The summed E-state index contributed by atoms with van der Waals surface area (Å²) in [4.78, 5) is 11.3. The Morgan fingerprint density at radius 3 is 2.38 bits per heavy atom. The summed E-state index contributed by atoms with van der Waals surface area (Å²) in [5.74, 6) is -1.27. The molecule has 0 bridgehead atoms. The fourth-order valence-electron chi connectivity index (χ4n) is 2.06. The standard InChI is InChI=1S/C13H15N3O4S/c1-8-12(9(2)15-14-8)21(19,20)16-11(13(17)18)10-6-4-3-5-7-10/h3-7,11,16H,1-2H3,(H,14,15)(H,17,18)/t11-/m1/s1. The maximum Gasteiger partial charge on any atom is 0.326 e. The first-order chi connectivity index (χ1) is 9.83. The maximum absolute atomic E-state index is 12.4. The third-order valence-electron chi connectivity index (χ3n) is 2.98. The van der Waals surface area contributed by atoms with Gasteiger partial charge in [0.15, 0.2) is 0 Å². The molecule has 0 amide bonds. The molecule has 0 fully saturated rings. The van der Waals surface area contributed by atoms with Crippen LogP contribution in [0.15, 0.2) is 35.2 Å².